The van der Waals surface area contributed by atoms with E-state index in [4.69, 9.17) is 16.7 Å². The molecule has 0 aliphatic rings. The van der Waals surface area contributed by atoms with E-state index in [1.807, 2.05) is 39.2 Å². The first kappa shape index (κ1) is 15.4. The smallest absolute Gasteiger partial charge is 0.0584 e. The quantitative estimate of drug-likeness (QED) is 0.798. The number of benzene rings is 1. The number of hydrogen-bond donors (Lipinski definition) is 2. The summed E-state index contributed by atoms with van der Waals surface area (Å²) in [4.78, 5) is 2.16. The minimum atomic E-state index is 0.192. The zero-order valence-corrected chi connectivity index (χ0v) is 12.1. The van der Waals surface area contributed by atoms with E-state index in [9.17, 15) is 0 Å². The normalized spacial score (nSPS) is 14.8. The molecule has 0 saturated carbocycles. The summed E-state index contributed by atoms with van der Waals surface area (Å²) in [5, 5.41) is 13.2. The van der Waals surface area contributed by atoms with Crippen LogP contribution in [0.3, 0.4) is 0 Å². The minimum Gasteiger partial charge on any atom is -0.395 e. The summed E-state index contributed by atoms with van der Waals surface area (Å²) in [5.74, 6) is 0. The van der Waals surface area contributed by atoms with Gasteiger partial charge >= 0.3 is 0 Å². The molecule has 102 valence electrons. The van der Waals surface area contributed by atoms with E-state index >= 15 is 0 Å². The molecule has 1 aromatic carbocycles. The van der Waals surface area contributed by atoms with Gasteiger partial charge in [-0.25, -0.2) is 0 Å². The van der Waals surface area contributed by atoms with Crippen LogP contribution in [0.1, 0.15) is 24.9 Å². The Morgan fingerprint density at radius 2 is 2.17 bits per heavy atom. The molecule has 0 bridgehead atoms. The number of nitrogens with zero attached hydrogens (tertiary/aromatic N) is 1. The molecule has 3 nitrogen and oxygen atoms in total. The number of rotatable bonds is 7. The fraction of sp³-hybridized carbons (Fsp3) is 0.571. The van der Waals surface area contributed by atoms with E-state index in [1.165, 1.54) is 5.56 Å². The molecule has 1 rings (SSSR count). The highest BCUT2D eigenvalue weighted by molar-refractivity contribution is 6.30. The fourth-order valence-corrected chi connectivity index (χ4v) is 2.09. The Labute approximate surface area is 115 Å². The van der Waals surface area contributed by atoms with Crippen molar-refractivity contribution in [1.29, 1.82) is 0 Å². The van der Waals surface area contributed by atoms with Gasteiger partial charge in [-0.1, -0.05) is 23.7 Å². The lowest BCUT2D eigenvalue weighted by Gasteiger charge is -2.25. The molecule has 0 aliphatic carbocycles. The Hall–Kier alpha value is -0.610. The lowest BCUT2D eigenvalue weighted by atomic mass is 10.0. The summed E-state index contributed by atoms with van der Waals surface area (Å²) in [6.45, 7) is 3.14. The molecule has 0 aliphatic heterocycles. The lowest BCUT2D eigenvalue weighted by Crippen LogP contribution is -2.34. The molecule has 0 saturated heterocycles. The Bertz CT molecular complexity index is 359. The molecule has 0 spiro atoms. The van der Waals surface area contributed by atoms with Crippen LogP contribution in [-0.4, -0.2) is 43.3 Å². The molecule has 0 radical (unpaired) electrons. The van der Waals surface area contributed by atoms with Crippen LogP contribution in [0.5, 0.6) is 0 Å². The molecular weight excluding hydrogens is 248 g/mol. The van der Waals surface area contributed by atoms with Crippen LogP contribution in [0.25, 0.3) is 0 Å². The van der Waals surface area contributed by atoms with Gasteiger partial charge in [-0.15, -0.1) is 0 Å². The van der Waals surface area contributed by atoms with Crippen molar-refractivity contribution in [3.63, 3.8) is 0 Å². The summed E-state index contributed by atoms with van der Waals surface area (Å²) < 4.78 is 0. The topological polar surface area (TPSA) is 35.5 Å². The Morgan fingerprint density at radius 1 is 1.44 bits per heavy atom. The van der Waals surface area contributed by atoms with E-state index in [0.717, 1.165) is 18.0 Å². The molecular formula is C14H23ClN2O. The molecule has 0 heterocycles. The van der Waals surface area contributed by atoms with Crippen LogP contribution in [0.15, 0.2) is 24.3 Å². The van der Waals surface area contributed by atoms with E-state index < -0.39 is 0 Å². The fourth-order valence-electron chi connectivity index (χ4n) is 1.89. The van der Waals surface area contributed by atoms with E-state index in [2.05, 4.69) is 16.3 Å². The van der Waals surface area contributed by atoms with Gasteiger partial charge in [0.1, 0.15) is 0 Å². The van der Waals surface area contributed by atoms with Gasteiger partial charge < -0.3 is 15.3 Å². The van der Waals surface area contributed by atoms with Gasteiger partial charge in [-0.3, -0.25) is 0 Å². The van der Waals surface area contributed by atoms with E-state index in [0.29, 0.717) is 0 Å². The van der Waals surface area contributed by atoms with Crippen LogP contribution in [0.2, 0.25) is 5.02 Å². The number of nitrogens with one attached hydrogen (secondary N) is 1. The highest BCUT2D eigenvalue weighted by atomic mass is 35.5. The maximum absolute atomic E-state index is 9.11. The maximum atomic E-state index is 9.11. The van der Waals surface area contributed by atoms with Gasteiger partial charge in [0, 0.05) is 23.7 Å². The molecule has 2 atom stereocenters. The number of aliphatic hydroxyl groups excluding tert-OH is 1. The largest absolute Gasteiger partial charge is 0.395 e. The zero-order chi connectivity index (χ0) is 13.5. The van der Waals surface area contributed by atoms with Crippen molar-refractivity contribution >= 4 is 11.6 Å². The first-order valence-corrected chi connectivity index (χ1v) is 6.70. The lowest BCUT2D eigenvalue weighted by molar-refractivity contribution is 0.154. The number of aliphatic hydroxyl groups is 1. The SMILES string of the molecule is CNC(CCN(C)C(C)CO)c1cccc(Cl)c1. The summed E-state index contributed by atoms with van der Waals surface area (Å²) >= 11 is 6.01. The van der Waals surface area contributed by atoms with Crippen molar-refractivity contribution < 1.29 is 5.11 Å². The van der Waals surface area contributed by atoms with Crippen molar-refractivity contribution in [3.8, 4) is 0 Å². The molecule has 0 aromatic heterocycles. The number of halogens is 1. The summed E-state index contributed by atoms with van der Waals surface area (Å²) in [6, 6.07) is 8.43. The molecule has 4 heteroatoms. The molecule has 0 fully saturated rings. The average Bonchev–Trinajstić information content (AvgIpc) is 2.38. The molecule has 2 unspecified atom stereocenters. The predicted octanol–water partition coefficient (Wildman–Crippen LogP) is 2.30. The van der Waals surface area contributed by atoms with Crippen molar-refractivity contribution in [2.45, 2.75) is 25.4 Å². The standard InChI is InChI=1S/C14H23ClN2O/c1-11(10-18)17(3)8-7-14(16-2)12-5-4-6-13(15)9-12/h4-6,9,11,14,16,18H,7-8,10H2,1-3H3. The van der Waals surface area contributed by atoms with Gasteiger partial charge in [0.05, 0.1) is 6.61 Å². The minimum absolute atomic E-state index is 0.192. The molecule has 2 N–H and O–H groups in total. The van der Waals surface area contributed by atoms with Crippen LogP contribution in [0, 0.1) is 0 Å². The van der Waals surface area contributed by atoms with Crippen LogP contribution < -0.4 is 5.32 Å². The van der Waals surface area contributed by atoms with Gasteiger partial charge in [-0.2, -0.15) is 0 Å². The number of likely N-dealkylation sites (N-methyl/N-ethyl adjacent to an activating group) is 1. The zero-order valence-electron chi connectivity index (χ0n) is 11.4. The van der Waals surface area contributed by atoms with Gasteiger partial charge in [0.2, 0.25) is 0 Å². The third kappa shape index (κ3) is 4.58. The predicted molar refractivity (Wildman–Crippen MR) is 77.0 cm³/mol. The van der Waals surface area contributed by atoms with Gasteiger partial charge in [-0.05, 0) is 45.1 Å². The van der Waals surface area contributed by atoms with Crippen molar-refractivity contribution in [2.24, 2.45) is 0 Å². The molecule has 0 amide bonds. The van der Waals surface area contributed by atoms with Crippen molar-refractivity contribution in [2.75, 3.05) is 27.2 Å². The molecule has 18 heavy (non-hydrogen) atoms. The van der Waals surface area contributed by atoms with Gasteiger partial charge in [0.15, 0.2) is 0 Å². The second-order valence-corrected chi connectivity index (χ2v) is 5.13. The average molecular weight is 271 g/mol. The van der Waals surface area contributed by atoms with E-state index in [-0.39, 0.29) is 18.7 Å². The second kappa shape index (κ2) is 7.74. The van der Waals surface area contributed by atoms with Crippen molar-refractivity contribution in [3.05, 3.63) is 34.9 Å². The number of hydrogen-bond acceptors (Lipinski definition) is 3. The third-order valence-electron chi connectivity index (χ3n) is 3.39. The summed E-state index contributed by atoms with van der Waals surface area (Å²) in [5.41, 5.74) is 1.20. The Balaban J connectivity index is 2.57. The van der Waals surface area contributed by atoms with Crippen molar-refractivity contribution in [1.82, 2.24) is 10.2 Å². The molecule has 1 aromatic rings. The Morgan fingerprint density at radius 3 is 2.72 bits per heavy atom. The first-order valence-electron chi connectivity index (χ1n) is 6.32. The highest BCUT2D eigenvalue weighted by Crippen LogP contribution is 2.20. The van der Waals surface area contributed by atoms with Crippen LogP contribution in [0.4, 0.5) is 0 Å². The van der Waals surface area contributed by atoms with Gasteiger partial charge in [0.25, 0.3) is 0 Å². The Kier molecular flexibility index (Phi) is 6.65. The van der Waals surface area contributed by atoms with E-state index in [1.54, 1.807) is 0 Å². The first-order chi connectivity index (χ1) is 8.58. The second-order valence-electron chi connectivity index (χ2n) is 4.70. The summed E-state index contributed by atoms with van der Waals surface area (Å²) in [6.07, 6.45) is 0.984. The monoisotopic (exact) mass is 270 g/mol. The maximum Gasteiger partial charge on any atom is 0.0584 e. The third-order valence-corrected chi connectivity index (χ3v) is 3.62. The van der Waals surface area contributed by atoms with Crippen LogP contribution >= 0.6 is 11.6 Å². The highest BCUT2D eigenvalue weighted by Gasteiger charge is 2.13. The van der Waals surface area contributed by atoms with Crippen LogP contribution in [-0.2, 0) is 0 Å². The summed E-state index contributed by atoms with van der Waals surface area (Å²) in [7, 11) is 3.99.